The van der Waals surface area contributed by atoms with E-state index < -0.39 is 34.1 Å². The number of rotatable bonds is 9. The third kappa shape index (κ3) is 7.33. The van der Waals surface area contributed by atoms with Crippen LogP contribution in [0.1, 0.15) is 48.1 Å². The van der Waals surface area contributed by atoms with Gasteiger partial charge in [0.1, 0.15) is 11.8 Å². The maximum Gasteiger partial charge on any atom is 0.338 e. The highest BCUT2D eigenvalue weighted by molar-refractivity contribution is 8.24. The Bertz CT molecular complexity index is 1560. The molecule has 1 aliphatic rings. The number of methoxy groups -OCH3 is 1. The van der Waals surface area contributed by atoms with Crippen LogP contribution in [0, 0.1) is 17.2 Å². The summed E-state index contributed by atoms with van der Waals surface area (Å²) >= 11 is 6.18. The van der Waals surface area contributed by atoms with Crippen molar-refractivity contribution in [1.82, 2.24) is 4.57 Å². The Hall–Kier alpha value is -3.82. The Labute approximate surface area is 250 Å². The fraction of sp³-hybridized carbons (Fsp3) is 0.333. The normalized spacial score (nSPS) is 16.1. The van der Waals surface area contributed by atoms with Gasteiger partial charge in [-0.2, -0.15) is 15.9 Å². The number of aromatic nitrogens is 1. The molecule has 1 saturated heterocycles. The lowest BCUT2D eigenvalue weighted by atomic mass is 9.93. The molecule has 2 aromatic carbocycles. The monoisotopic (exact) mass is 613 g/mol. The molecule has 3 aromatic rings. The number of hydrogen-bond donors (Lipinski definition) is 3. The van der Waals surface area contributed by atoms with Gasteiger partial charge >= 0.3 is 5.97 Å². The molecule has 42 heavy (non-hydrogen) atoms. The highest BCUT2D eigenvalue weighted by atomic mass is 35.5. The van der Waals surface area contributed by atoms with Crippen LogP contribution in [0.5, 0.6) is 5.75 Å². The second-order valence-corrected chi connectivity index (χ2v) is 12.9. The molecular formula is C30H32ClN3O7S. The van der Waals surface area contributed by atoms with Gasteiger partial charge in [-0.3, -0.25) is 23.3 Å². The van der Waals surface area contributed by atoms with Gasteiger partial charge in [-0.25, -0.2) is 4.79 Å². The molecule has 1 aliphatic heterocycles. The lowest BCUT2D eigenvalue weighted by Crippen LogP contribution is -2.35. The van der Waals surface area contributed by atoms with Gasteiger partial charge in [0.25, 0.3) is 5.56 Å². The first-order valence-corrected chi connectivity index (χ1v) is 15.6. The lowest BCUT2D eigenvalue weighted by molar-refractivity contribution is -0.119. The summed E-state index contributed by atoms with van der Waals surface area (Å²) in [6.07, 6.45) is 2.71. The van der Waals surface area contributed by atoms with Crippen LogP contribution in [0.25, 0.3) is 11.1 Å². The molecule has 0 spiro atoms. The molecule has 1 unspecified atom stereocenters. The van der Waals surface area contributed by atoms with E-state index in [0.29, 0.717) is 45.8 Å². The number of carbonyl (C=O) groups excluding carboxylic acids is 2. The fourth-order valence-electron chi connectivity index (χ4n) is 4.97. The van der Waals surface area contributed by atoms with Crippen LogP contribution < -0.4 is 15.6 Å². The van der Waals surface area contributed by atoms with E-state index in [0.717, 1.165) is 0 Å². The summed E-state index contributed by atoms with van der Waals surface area (Å²) in [5.41, 5.74) is 1.35. The van der Waals surface area contributed by atoms with E-state index >= 15 is 0 Å². The van der Waals surface area contributed by atoms with Crippen LogP contribution in [0.2, 0.25) is 5.02 Å². The number of ether oxygens (including phenoxy) is 2. The van der Waals surface area contributed by atoms with Gasteiger partial charge in [-0.05, 0) is 74.6 Å². The predicted octanol–water partition coefficient (Wildman–Crippen LogP) is 5.96. The number of benzene rings is 2. The molecule has 222 valence electrons. The second-order valence-electron chi connectivity index (χ2n) is 10.00. The van der Waals surface area contributed by atoms with E-state index in [1.807, 2.05) is 0 Å². The van der Waals surface area contributed by atoms with Gasteiger partial charge < -0.3 is 14.8 Å². The van der Waals surface area contributed by atoms with E-state index in [4.69, 9.17) is 21.1 Å². The number of amides is 1. The minimum atomic E-state index is -2.63. The summed E-state index contributed by atoms with van der Waals surface area (Å²) in [4.78, 5) is 39.3. The van der Waals surface area contributed by atoms with Crippen LogP contribution in [0.3, 0.4) is 0 Å². The minimum Gasteiger partial charge on any atom is -0.495 e. The zero-order chi connectivity index (χ0) is 30.4. The lowest BCUT2D eigenvalue weighted by Gasteiger charge is -2.40. The molecule has 0 aliphatic carbocycles. The molecule has 0 radical (unpaired) electrons. The van der Waals surface area contributed by atoms with E-state index in [-0.39, 0.29) is 36.2 Å². The number of nitrogens with one attached hydrogen (secondary N) is 1. The Morgan fingerprint density at radius 2 is 1.83 bits per heavy atom. The van der Waals surface area contributed by atoms with Crippen LogP contribution >= 0.6 is 22.2 Å². The number of carbonyl (C=O) groups is 2. The summed E-state index contributed by atoms with van der Waals surface area (Å²) in [6.45, 7) is 1.95. The highest BCUT2D eigenvalue weighted by Crippen LogP contribution is 2.47. The maximum atomic E-state index is 13.7. The summed E-state index contributed by atoms with van der Waals surface area (Å²) in [5.74, 6) is -0.234. The Kier molecular flexibility index (Phi) is 9.96. The van der Waals surface area contributed by atoms with Crippen molar-refractivity contribution >= 4 is 39.8 Å². The van der Waals surface area contributed by atoms with Gasteiger partial charge in [0.15, 0.2) is 0 Å². The molecule has 0 bridgehead atoms. The molecule has 2 heterocycles. The molecule has 10 nitrogen and oxygen atoms in total. The molecule has 12 heteroatoms. The average molecular weight is 614 g/mol. The van der Waals surface area contributed by atoms with Crippen molar-refractivity contribution in [2.45, 2.75) is 32.2 Å². The SMILES string of the molecule is CCOC(=O)c1ccc(NC(=O)C(CC2CCS(O)(O)CC2)n2cc(OC)c(-c3cc(Cl)ccc3C#N)cc2=O)cc1. The molecule has 1 amide bonds. The summed E-state index contributed by atoms with van der Waals surface area (Å²) < 4.78 is 32.1. The standard InChI is InChI=1S/C30H32ClN3O7S/c1-3-41-30(37)20-5-8-23(9-6-20)33-29(36)26(14-19-10-12-42(38,39)13-11-19)34-18-27(40-2)25(16-28(34)35)24-15-22(31)7-4-21(24)17-32/h4-9,15-16,18-19,26,38-39H,3,10-14H2,1-2H3,(H,33,36). The van der Waals surface area contributed by atoms with E-state index in [1.165, 1.54) is 36.1 Å². The van der Waals surface area contributed by atoms with Gasteiger partial charge in [0, 0.05) is 39.4 Å². The molecular weight excluding hydrogens is 582 g/mol. The second kappa shape index (κ2) is 13.4. The minimum absolute atomic E-state index is 0.0393. The molecule has 0 saturated carbocycles. The van der Waals surface area contributed by atoms with Crippen LogP contribution in [0.15, 0.2) is 59.5 Å². The van der Waals surface area contributed by atoms with Crippen molar-refractivity contribution < 1.29 is 28.2 Å². The number of nitrogens with zero attached hydrogens (tertiary/aromatic N) is 2. The van der Waals surface area contributed by atoms with Gasteiger partial charge in [0.05, 0.1) is 37.1 Å². The Balaban J connectivity index is 1.70. The first-order chi connectivity index (χ1) is 20.0. The third-order valence-electron chi connectivity index (χ3n) is 7.22. The van der Waals surface area contributed by atoms with Crippen molar-refractivity contribution in [1.29, 1.82) is 5.26 Å². The number of halogens is 1. The summed E-state index contributed by atoms with van der Waals surface area (Å²) in [5, 5.41) is 12.8. The Morgan fingerprint density at radius 1 is 1.14 bits per heavy atom. The molecule has 3 N–H and O–H groups in total. The first-order valence-electron chi connectivity index (χ1n) is 13.4. The van der Waals surface area contributed by atoms with Crippen molar-refractivity contribution in [3.05, 3.63) is 81.2 Å². The summed E-state index contributed by atoms with van der Waals surface area (Å²) in [7, 11) is -1.20. The highest BCUT2D eigenvalue weighted by Gasteiger charge is 2.31. The quantitative estimate of drug-likeness (QED) is 0.250. The van der Waals surface area contributed by atoms with Gasteiger partial charge in [0.2, 0.25) is 5.91 Å². The van der Waals surface area contributed by atoms with Crippen LogP contribution in [-0.4, -0.2) is 50.8 Å². The van der Waals surface area contributed by atoms with E-state index in [1.54, 1.807) is 37.3 Å². The number of nitriles is 1. The smallest absolute Gasteiger partial charge is 0.338 e. The average Bonchev–Trinajstić information content (AvgIpc) is 2.97. The van der Waals surface area contributed by atoms with Crippen LogP contribution in [0.4, 0.5) is 5.69 Å². The zero-order valence-corrected chi connectivity index (χ0v) is 24.8. The Morgan fingerprint density at radius 3 is 2.45 bits per heavy atom. The first kappa shape index (κ1) is 31.1. The topological polar surface area (TPSA) is 151 Å². The van der Waals surface area contributed by atoms with Gasteiger partial charge in [-0.1, -0.05) is 11.6 Å². The molecule has 1 atom stereocenters. The number of hydrogen-bond acceptors (Lipinski definition) is 8. The molecule has 4 rings (SSSR count). The predicted molar refractivity (Wildman–Crippen MR) is 162 cm³/mol. The van der Waals surface area contributed by atoms with Crippen molar-refractivity contribution in [2.24, 2.45) is 5.92 Å². The number of anilines is 1. The fourth-order valence-corrected chi connectivity index (χ4v) is 6.77. The number of pyridine rings is 1. The van der Waals surface area contributed by atoms with Crippen molar-refractivity contribution in [2.75, 3.05) is 30.5 Å². The maximum absolute atomic E-state index is 13.7. The largest absolute Gasteiger partial charge is 0.495 e. The number of esters is 1. The third-order valence-corrected chi connectivity index (χ3v) is 9.24. The zero-order valence-electron chi connectivity index (χ0n) is 23.2. The summed E-state index contributed by atoms with van der Waals surface area (Å²) in [6, 6.07) is 13.4. The van der Waals surface area contributed by atoms with Crippen molar-refractivity contribution in [3.8, 4) is 22.9 Å². The molecule has 1 aromatic heterocycles. The van der Waals surface area contributed by atoms with Crippen LogP contribution in [-0.2, 0) is 9.53 Å². The van der Waals surface area contributed by atoms with Gasteiger partial charge in [-0.15, -0.1) is 0 Å². The van der Waals surface area contributed by atoms with E-state index in [9.17, 15) is 28.8 Å². The van der Waals surface area contributed by atoms with Crippen molar-refractivity contribution in [3.63, 3.8) is 0 Å². The van der Waals surface area contributed by atoms with E-state index in [2.05, 4.69) is 11.4 Å². The molecule has 1 fully saturated rings.